The molecule has 8 nitrogen and oxygen atoms in total. The fourth-order valence-corrected chi connectivity index (χ4v) is 7.39. The SMILES string of the molecule is Cn1c(=NC(=O)c2ccc(S(=O)(=O)N3CCc4ccccc4C3)cc2)sc2cc(S(C)(=O)=O)ccc21. The Morgan fingerprint density at radius 2 is 1.58 bits per heavy atom. The Labute approximate surface area is 213 Å². The van der Waals surface area contributed by atoms with Crippen LogP contribution in [0.2, 0.25) is 0 Å². The molecule has 0 N–H and O–H groups in total. The van der Waals surface area contributed by atoms with Crippen molar-refractivity contribution in [3.05, 3.63) is 88.2 Å². The zero-order valence-corrected chi connectivity index (χ0v) is 22.0. The van der Waals surface area contributed by atoms with Crippen molar-refractivity contribution in [1.29, 1.82) is 0 Å². The lowest BCUT2D eigenvalue weighted by Crippen LogP contribution is -2.35. The highest BCUT2D eigenvalue weighted by Gasteiger charge is 2.28. The first-order valence-corrected chi connectivity index (χ1v) is 15.2. The molecule has 1 aliphatic rings. The van der Waals surface area contributed by atoms with Crippen molar-refractivity contribution in [2.24, 2.45) is 12.0 Å². The number of carbonyl (C=O) groups excluding carboxylic acids is 1. The minimum absolute atomic E-state index is 0.124. The van der Waals surface area contributed by atoms with Crippen LogP contribution >= 0.6 is 11.3 Å². The quantitative estimate of drug-likeness (QED) is 0.395. The number of benzene rings is 3. The number of thiazole rings is 1. The van der Waals surface area contributed by atoms with Crippen LogP contribution in [0.25, 0.3) is 10.2 Å². The summed E-state index contributed by atoms with van der Waals surface area (Å²) in [5.74, 6) is -0.517. The van der Waals surface area contributed by atoms with Crippen LogP contribution in [-0.2, 0) is 39.9 Å². The Bertz CT molecular complexity index is 1780. The van der Waals surface area contributed by atoms with E-state index in [0.717, 1.165) is 22.9 Å². The van der Waals surface area contributed by atoms with Crippen molar-refractivity contribution >= 4 is 47.3 Å². The maximum Gasteiger partial charge on any atom is 0.279 e. The van der Waals surface area contributed by atoms with E-state index in [1.165, 1.54) is 46.0 Å². The van der Waals surface area contributed by atoms with Crippen LogP contribution in [0, 0.1) is 0 Å². The number of hydrogen-bond acceptors (Lipinski definition) is 6. The highest BCUT2D eigenvalue weighted by atomic mass is 32.2. The molecule has 1 aliphatic heterocycles. The largest absolute Gasteiger partial charge is 0.319 e. The predicted octanol–water partition coefficient (Wildman–Crippen LogP) is 3.13. The van der Waals surface area contributed by atoms with Crippen LogP contribution in [0.3, 0.4) is 0 Å². The number of aromatic nitrogens is 1. The van der Waals surface area contributed by atoms with E-state index in [9.17, 15) is 21.6 Å². The Balaban J connectivity index is 1.41. The van der Waals surface area contributed by atoms with Gasteiger partial charge in [-0.15, -0.1) is 0 Å². The molecule has 36 heavy (non-hydrogen) atoms. The molecule has 0 saturated heterocycles. The molecule has 0 aliphatic carbocycles. The Hall–Kier alpha value is -3.12. The van der Waals surface area contributed by atoms with Crippen LogP contribution in [-0.4, -0.2) is 44.4 Å². The molecule has 0 bridgehead atoms. The summed E-state index contributed by atoms with van der Waals surface area (Å²) in [6.07, 6.45) is 1.80. The van der Waals surface area contributed by atoms with Crippen LogP contribution < -0.4 is 4.80 Å². The molecule has 3 aromatic carbocycles. The molecule has 0 atom stereocenters. The molecular formula is C25H23N3O5S3. The normalized spacial score (nSPS) is 15.2. The third-order valence-corrected chi connectivity index (χ3v) is 10.3. The fraction of sp³-hybridized carbons (Fsp3) is 0.200. The standard InChI is InChI=1S/C25H23N3O5S3/c1-27-22-12-11-21(35(2,30)31)15-23(22)34-25(27)26-24(29)18-7-9-20(10-8-18)36(32,33)28-14-13-17-5-3-4-6-19(17)16-28/h3-12,15H,13-14,16H2,1-2H3. The molecule has 1 amide bonds. The van der Waals surface area contributed by atoms with E-state index >= 15 is 0 Å². The summed E-state index contributed by atoms with van der Waals surface area (Å²) in [5.41, 5.74) is 3.17. The van der Waals surface area contributed by atoms with Gasteiger partial charge in [-0.2, -0.15) is 9.30 Å². The number of fused-ring (bicyclic) bond motifs is 2. The van der Waals surface area contributed by atoms with Crippen LogP contribution in [0.4, 0.5) is 0 Å². The van der Waals surface area contributed by atoms with Crippen molar-refractivity contribution in [1.82, 2.24) is 8.87 Å². The number of sulfone groups is 1. The average Bonchev–Trinajstić information content (AvgIpc) is 3.17. The number of carbonyl (C=O) groups is 1. The van der Waals surface area contributed by atoms with Gasteiger partial charge in [0.1, 0.15) is 0 Å². The van der Waals surface area contributed by atoms with Gasteiger partial charge in [0.05, 0.1) is 20.0 Å². The summed E-state index contributed by atoms with van der Waals surface area (Å²) in [7, 11) is -5.31. The Kier molecular flexibility index (Phi) is 6.19. The Morgan fingerprint density at radius 1 is 0.917 bits per heavy atom. The molecule has 0 unspecified atom stereocenters. The lowest BCUT2D eigenvalue weighted by molar-refractivity contribution is 0.0998. The van der Waals surface area contributed by atoms with Crippen LogP contribution in [0.1, 0.15) is 21.5 Å². The van der Waals surface area contributed by atoms with Crippen molar-refractivity contribution in [2.75, 3.05) is 12.8 Å². The van der Waals surface area contributed by atoms with E-state index in [1.807, 2.05) is 24.3 Å². The summed E-state index contributed by atoms with van der Waals surface area (Å²) in [6, 6.07) is 18.4. The zero-order chi connectivity index (χ0) is 25.7. The molecule has 0 spiro atoms. The monoisotopic (exact) mass is 541 g/mol. The third kappa shape index (κ3) is 4.55. The molecule has 4 aromatic rings. The second kappa shape index (κ2) is 9.07. The second-order valence-electron chi connectivity index (χ2n) is 8.64. The maximum absolute atomic E-state index is 13.2. The number of amides is 1. The molecule has 186 valence electrons. The first-order chi connectivity index (χ1) is 17.0. The van der Waals surface area contributed by atoms with Gasteiger partial charge in [-0.05, 0) is 60.0 Å². The van der Waals surface area contributed by atoms with Gasteiger partial charge in [0, 0.05) is 32.0 Å². The number of nitrogens with zero attached hydrogens (tertiary/aromatic N) is 3. The fourth-order valence-electron chi connectivity index (χ4n) is 4.20. The van der Waals surface area contributed by atoms with Crippen molar-refractivity contribution in [2.45, 2.75) is 22.8 Å². The van der Waals surface area contributed by atoms with Gasteiger partial charge in [-0.1, -0.05) is 35.6 Å². The number of hydrogen-bond donors (Lipinski definition) is 0. The van der Waals surface area contributed by atoms with Crippen LogP contribution in [0.15, 0.2) is 81.5 Å². The number of aryl methyl sites for hydroxylation is 1. The van der Waals surface area contributed by atoms with Gasteiger partial charge in [0.25, 0.3) is 5.91 Å². The first-order valence-electron chi connectivity index (χ1n) is 11.1. The first kappa shape index (κ1) is 24.6. The lowest BCUT2D eigenvalue weighted by atomic mass is 10.0. The molecular weight excluding hydrogens is 518 g/mol. The molecule has 0 fully saturated rings. The van der Waals surface area contributed by atoms with E-state index in [-0.39, 0.29) is 15.4 Å². The minimum atomic E-state index is -3.71. The third-order valence-electron chi connectivity index (χ3n) is 6.24. The number of sulfonamides is 1. The smallest absolute Gasteiger partial charge is 0.279 e. The topological polar surface area (TPSA) is 106 Å². The van der Waals surface area contributed by atoms with Crippen molar-refractivity contribution < 1.29 is 21.6 Å². The molecule has 0 radical (unpaired) electrons. The van der Waals surface area contributed by atoms with Gasteiger partial charge in [0.2, 0.25) is 10.0 Å². The number of rotatable bonds is 4. The maximum atomic E-state index is 13.2. The highest BCUT2D eigenvalue weighted by molar-refractivity contribution is 7.90. The van der Waals surface area contributed by atoms with Gasteiger partial charge < -0.3 is 4.57 Å². The predicted molar refractivity (Wildman–Crippen MR) is 138 cm³/mol. The summed E-state index contributed by atoms with van der Waals surface area (Å²) >= 11 is 1.21. The van der Waals surface area contributed by atoms with E-state index < -0.39 is 25.8 Å². The summed E-state index contributed by atoms with van der Waals surface area (Å²) < 4.78 is 54.0. The summed E-state index contributed by atoms with van der Waals surface area (Å²) in [5, 5.41) is 0. The molecule has 11 heteroatoms. The minimum Gasteiger partial charge on any atom is -0.319 e. The van der Waals surface area contributed by atoms with Gasteiger partial charge in [-0.3, -0.25) is 4.79 Å². The molecule has 2 heterocycles. The summed E-state index contributed by atoms with van der Waals surface area (Å²) in [6.45, 7) is 0.719. The van der Waals surface area contributed by atoms with E-state index in [0.29, 0.717) is 29.0 Å². The average molecular weight is 542 g/mol. The van der Waals surface area contributed by atoms with E-state index in [2.05, 4.69) is 4.99 Å². The molecule has 0 saturated carbocycles. The molecule has 5 rings (SSSR count). The second-order valence-corrected chi connectivity index (χ2v) is 13.6. The Morgan fingerprint density at radius 3 is 2.28 bits per heavy atom. The van der Waals surface area contributed by atoms with E-state index in [1.54, 1.807) is 23.7 Å². The van der Waals surface area contributed by atoms with Gasteiger partial charge in [-0.25, -0.2) is 16.8 Å². The summed E-state index contributed by atoms with van der Waals surface area (Å²) in [4.78, 5) is 17.8. The highest BCUT2D eigenvalue weighted by Crippen LogP contribution is 2.25. The van der Waals surface area contributed by atoms with Crippen molar-refractivity contribution in [3.8, 4) is 0 Å². The van der Waals surface area contributed by atoms with E-state index in [4.69, 9.17) is 0 Å². The molecule has 1 aromatic heterocycles. The van der Waals surface area contributed by atoms with Crippen LogP contribution in [0.5, 0.6) is 0 Å². The van der Waals surface area contributed by atoms with Crippen molar-refractivity contribution in [3.63, 3.8) is 0 Å². The lowest BCUT2D eigenvalue weighted by Gasteiger charge is -2.28. The van der Waals surface area contributed by atoms with Gasteiger partial charge in [0.15, 0.2) is 14.6 Å². The zero-order valence-electron chi connectivity index (χ0n) is 19.6. The van der Waals surface area contributed by atoms with Gasteiger partial charge >= 0.3 is 0 Å².